The molecule has 2 aromatic carbocycles. The Balaban J connectivity index is 1.68. The maximum absolute atomic E-state index is 12.4. The normalized spacial score (nSPS) is 10.6. The van der Waals surface area contributed by atoms with E-state index in [1.165, 1.54) is 5.56 Å². The molecule has 0 bridgehead atoms. The van der Waals surface area contributed by atoms with Gasteiger partial charge >= 0.3 is 0 Å². The zero-order valence-electron chi connectivity index (χ0n) is 16.3. The number of hydrogen-bond acceptors (Lipinski definition) is 5. The first-order valence-corrected chi connectivity index (χ1v) is 9.21. The largest absolute Gasteiger partial charge is 0.489 e. The summed E-state index contributed by atoms with van der Waals surface area (Å²) >= 11 is 0. The van der Waals surface area contributed by atoms with Gasteiger partial charge in [0.05, 0.1) is 11.8 Å². The van der Waals surface area contributed by atoms with E-state index in [1.807, 2.05) is 69.3 Å². The minimum Gasteiger partial charge on any atom is -0.489 e. The Labute approximate surface area is 165 Å². The number of carbonyl (C=O) groups excluding carboxylic acids is 1. The summed E-state index contributed by atoms with van der Waals surface area (Å²) in [5.74, 6) is 0.788. The minimum atomic E-state index is -0.252. The van der Waals surface area contributed by atoms with Crippen LogP contribution in [-0.2, 0) is 6.54 Å². The van der Waals surface area contributed by atoms with Crippen molar-refractivity contribution in [3.63, 3.8) is 0 Å². The van der Waals surface area contributed by atoms with Gasteiger partial charge in [-0.25, -0.2) is 9.97 Å². The van der Waals surface area contributed by atoms with E-state index in [0.29, 0.717) is 23.9 Å². The molecule has 6 heteroatoms. The van der Waals surface area contributed by atoms with Crippen molar-refractivity contribution in [1.29, 1.82) is 0 Å². The third kappa shape index (κ3) is 5.30. The Kier molecular flexibility index (Phi) is 6.22. The SMILES string of the molecule is Cc1ccc(CNC(=O)c2ccnc(Nc3ccccc3OC(C)C)n2)cc1. The number of nitrogens with zero attached hydrogens (tertiary/aromatic N) is 2. The van der Waals surface area contributed by atoms with Crippen molar-refractivity contribution in [2.75, 3.05) is 5.32 Å². The second-order valence-electron chi connectivity index (χ2n) is 6.72. The fourth-order valence-electron chi connectivity index (χ4n) is 2.57. The molecule has 3 rings (SSSR count). The lowest BCUT2D eigenvalue weighted by Gasteiger charge is -2.14. The number of hydrogen-bond donors (Lipinski definition) is 2. The van der Waals surface area contributed by atoms with Crippen LogP contribution in [0.15, 0.2) is 60.8 Å². The van der Waals surface area contributed by atoms with Crippen molar-refractivity contribution in [2.24, 2.45) is 0 Å². The molecule has 2 N–H and O–H groups in total. The standard InChI is InChI=1S/C22H24N4O2/c1-15(2)28-20-7-5-4-6-18(20)25-22-23-13-12-19(26-22)21(27)24-14-17-10-8-16(3)9-11-17/h4-13,15H,14H2,1-3H3,(H,24,27)(H,23,25,26). The highest BCUT2D eigenvalue weighted by Gasteiger charge is 2.11. The lowest BCUT2D eigenvalue weighted by atomic mass is 10.1. The molecule has 0 aliphatic carbocycles. The number of benzene rings is 2. The average molecular weight is 376 g/mol. The monoisotopic (exact) mass is 376 g/mol. The molecule has 3 aromatic rings. The molecule has 0 saturated carbocycles. The number of rotatable bonds is 7. The van der Waals surface area contributed by atoms with Crippen LogP contribution in [0.3, 0.4) is 0 Å². The van der Waals surface area contributed by atoms with Crippen molar-refractivity contribution in [3.8, 4) is 5.75 Å². The van der Waals surface area contributed by atoms with E-state index >= 15 is 0 Å². The quantitative estimate of drug-likeness (QED) is 0.645. The summed E-state index contributed by atoms with van der Waals surface area (Å²) < 4.78 is 5.79. The van der Waals surface area contributed by atoms with Crippen molar-refractivity contribution < 1.29 is 9.53 Å². The van der Waals surface area contributed by atoms with Crippen molar-refractivity contribution in [3.05, 3.63) is 77.6 Å². The number of para-hydroxylation sites is 2. The van der Waals surface area contributed by atoms with Gasteiger partial charge in [0.15, 0.2) is 0 Å². The Morgan fingerprint density at radius 3 is 2.57 bits per heavy atom. The van der Waals surface area contributed by atoms with Gasteiger partial charge in [-0.15, -0.1) is 0 Å². The van der Waals surface area contributed by atoms with Crippen LogP contribution in [0.25, 0.3) is 0 Å². The number of ether oxygens (including phenoxy) is 1. The van der Waals surface area contributed by atoms with Gasteiger partial charge in [-0.1, -0.05) is 42.0 Å². The first-order valence-electron chi connectivity index (χ1n) is 9.21. The molecule has 1 amide bonds. The highest BCUT2D eigenvalue weighted by Crippen LogP contribution is 2.27. The Morgan fingerprint density at radius 2 is 1.82 bits per heavy atom. The van der Waals surface area contributed by atoms with Crippen LogP contribution in [0, 0.1) is 6.92 Å². The van der Waals surface area contributed by atoms with E-state index in [1.54, 1.807) is 12.3 Å². The van der Waals surface area contributed by atoms with E-state index < -0.39 is 0 Å². The van der Waals surface area contributed by atoms with Crippen molar-refractivity contribution in [1.82, 2.24) is 15.3 Å². The van der Waals surface area contributed by atoms with E-state index in [0.717, 1.165) is 11.3 Å². The van der Waals surface area contributed by atoms with Crippen LogP contribution in [0.2, 0.25) is 0 Å². The van der Waals surface area contributed by atoms with Gasteiger partial charge in [-0.3, -0.25) is 4.79 Å². The molecular formula is C22H24N4O2. The first-order chi connectivity index (χ1) is 13.5. The molecule has 0 aliphatic rings. The number of nitrogens with one attached hydrogen (secondary N) is 2. The molecule has 0 atom stereocenters. The Hall–Kier alpha value is -3.41. The second-order valence-corrected chi connectivity index (χ2v) is 6.72. The lowest BCUT2D eigenvalue weighted by molar-refractivity contribution is 0.0946. The Morgan fingerprint density at radius 1 is 1.07 bits per heavy atom. The number of carbonyl (C=O) groups is 1. The Bertz CT molecular complexity index is 939. The molecule has 0 fully saturated rings. The maximum Gasteiger partial charge on any atom is 0.270 e. The molecular weight excluding hydrogens is 352 g/mol. The molecule has 0 unspecified atom stereocenters. The molecule has 0 spiro atoms. The van der Waals surface area contributed by atoms with Gasteiger partial charge in [-0.2, -0.15) is 0 Å². The third-order valence-corrected chi connectivity index (χ3v) is 3.96. The van der Waals surface area contributed by atoms with E-state index in [9.17, 15) is 4.79 Å². The van der Waals surface area contributed by atoms with Gasteiger partial charge in [0, 0.05) is 12.7 Å². The van der Waals surface area contributed by atoms with E-state index in [-0.39, 0.29) is 12.0 Å². The van der Waals surface area contributed by atoms with Gasteiger partial charge in [-0.05, 0) is 44.5 Å². The molecule has 0 aliphatic heterocycles. The van der Waals surface area contributed by atoms with Crippen LogP contribution >= 0.6 is 0 Å². The minimum absolute atomic E-state index is 0.0442. The number of amides is 1. The molecule has 0 saturated heterocycles. The van der Waals surface area contributed by atoms with Crippen LogP contribution in [-0.4, -0.2) is 22.0 Å². The van der Waals surface area contributed by atoms with Crippen LogP contribution in [0.4, 0.5) is 11.6 Å². The van der Waals surface area contributed by atoms with Gasteiger partial charge < -0.3 is 15.4 Å². The first kappa shape index (κ1) is 19.4. The third-order valence-electron chi connectivity index (χ3n) is 3.96. The summed E-state index contributed by atoms with van der Waals surface area (Å²) in [7, 11) is 0. The fraction of sp³-hybridized carbons (Fsp3) is 0.227. The van der Waals surface area contributed by atoms with Gasteiger partial charge in [0.2, 0.25) is 5.95 Å². The molecule has 0 radical (unpaired) electrons. The summed E-state index contributed by atoms with van der Waals surface area (Å²) in [5.41, 5.74) is 3.26. The van der Waals surface area contributed by atoms with Crippen LogP contribution < -0.4 is 15.4 Å². The average Bonchev–Trinajstić information content (AvgIpc) is 2.69. The van der Waals surface area contributed by atoms with Gasteiger partial charge in [0.25, 0.3) is 5.91 Å². The maximum atomic E-state index is 12.4. The zero-order valence-corrected chi connectivity index (χ0v) is 16.3. The second kappa shape index (κ2) is 8.99. The smallest absolute Gasteiger partial charge is 0.270 e. The molecule has 144 valence electrons. The summed E-state index contributed by atoms with van der Waals surface area (Å²) in [5, 5.41) is 6.01. The van der Waals surface area contributed by atoms with E-state index in [2.05, 4.69) is 20.6 Å². The summed E-state index contributed by atoms with van der Waals surface area (Å²) in [6.45, 7) is 6.40. The zero-order chi connectivity index (χ0) is 19.9. The van der Waals surface area contributed by atoms with Crippen molar-refractivity contribution in [2.45, 2.75) is 33.4 Å². The van der Waals surface area contributed by atoms with Gasteiger partial charge in [0.1, 0.15) is 11.4 Å². The van der Waals surface area contributed by atoms with Crippen LogP contribution in [0.1, 0.15) is 35.5 Å². The number of aromatic nitrogens is 2. The van der Waals surface area contributed by atoms with E-state index in [4.69, 9.17) is 4.74 Å². The number of anilines is 2. The number of aryl methyl sites for hydroxylation is 1. The molecule has 28 heavy (non-hydrogen) atoms. The fourth-order valence-corrected chi connectivity index (χ4v) is 2.57. The molecule has 1 aromatic heterocycles. The summed E-state index contributed by atoms with van der Waals surface area (Å²) in [6.07, 6.45) is 1.60. The lowest BCUT2D eigenvalue weighted by Crippen LogP contribution is -2.24. The van der Waals surface area contributed by atoms with Crippen molar-refractivity contribution >= 4 is 17.5 Å². The highest BCUT2D eigenvalue weighted by molar-refractivity contribution is 5.92. The predicted octanol–water partition coefficient (Wildman–Crippen LogP) is 4.25. The molecule has 1 heterocycles. The molecule has 6 nitrogen and oxygen atoms in total. The predicted molar refractivity (Wildman–Crippen MR) is 110 cm³/mol. The van der Waals surface area contributed by atoms with Crippen LogP contribution in [0.5, 0.6) is 5.75 Å². The topological polar surface area (TPSA) is 76.1 Å². The highest BCUT2D eigenvalue weighted by atomic mass is 16.5. The summed E-state index contributed by atoms with van der Waals surface area (Å²) in [4.78, 5) is 21.0. The summed E-state index contributed by atoms with van der Waals surface area (Å²) in [6, 6.07) is 17.2.